The number of imidazole rings is 1. The minimum Gasteiger partial charge on any atom is -0.504 e. The van der Waals surface area contributed by atoms with E-state index < -0.39 is 0 Å². The third-order valence-corrected chi connectivity index (χ3v) is 3.91. The third kappa shape index (κ3) is 2.47. The lowest BCUT2D eigenvalue weighted by atomic mass is 10.2. The van der Waals surface area contributed by atoms with Crippen LogP contribution in [-0.4, -0.2) is 28.7 Å². The fourth-order valence-electron chi connectivity index (χ4n) is 2.12. The average molecular weight is 305 g/mol. The molecule has 3 rings (SSSR count). The molecule has 2 heterocycles. The van der Waals surface area contributed by atoms with Crippen LogP contribution in [0.2, 0.25) is 0 Å². The maximum atomic E-state index is 9.78. The fraction of sp³-hybridized carbons (Fsp3) is 0.214. The highest BCUT2D eigenvalue weighted by atomic mass is 32.1. The zero-order valence-corrected chi connectivity index (χ0v) is 12.5. The highest BCUT2D eigenvalue weighted by Crippen LogP contribution is 2.29. The Labute approximate surface area is 125 Å². The number of hydrogen-bond acceptors (Lipinski definition) is 6. The summed E-state index contributed by atoms with van der Waals surface area (Å²) in [6, 6.07) is 5.18. The van der Waals surface area contributed by atoms with Crippen molar-refractivity contribution >= 4 is 22.0 Å². The summed E-state index contributed by atoms with van der Waals surface area (Å²) in [5, 5.41) is 15.0. The molecule has 0 atom stereocenters. The van der Waals surface area contributed by atoms with Gasteiger partial charge in [-0.05, 0) is 12.1 Å². The van der Waals surface area contributed by atoms with E-state index in [1.54, 1.807) is 30.6 Å². The maximum absolute atomic E-state index is 9.78. The first-order chi connectivity index (χ1) is 10.2. The monoisotopic (exact) mass is 305 g/mol. The molecular weight excluding hydrogens is 290 g/mol. The molecule has 1 aromatic carbocycles. The number of phenols is 1. The SMILES string of the molecule is COc1ccc(NCc2c(OC)nc3sccn23)cc1O. The number of methoxy groups -OCH3 is 2. The van der Waals surface area contributed by atoms with Crippen LogP contribution in [0.15, 0.2) is 29.8 Å². The number of benzene rings is 1. The molecule has 2 N–H and O–H groups in total. The number of nitrogens with zero attached hydrogens (tertiary/aromatic N) is 2. The smallest absolute Gasteiger partial charge is 0.238 e. The number of nitrogens with one attached hydrogen (secondary N) is 1. The molecule has 21 heavy (non-hydrogen) atoms. The fourth-order valence-corrected chi connectivity index (χ4v) is 2.85. The number of rotatable bonds is 5. The topological polar surface area (TPSA) is 68.0 Å². The van der Waals surface area contributed by atoms with Crippen LogP contribution in [0.3, 0.4) is 0 Å². The van der Waals surface area contributed by atoms with Gasteiger partial charge in [-0.25, -0.2) is 0 Å². The molecule has 0 unspecified atom stereocenters. The molecule has 0 amide bonds. The molecule has 0 fully saturated rings. The van der Waals surface area contributed by atoms with Crippen molar-refractivity contribution < 1.29 is 14.6 Å². The minimum absolute atomic E-state index is 0.100. The van der Waals surface area contributed by atoms with Crippen LogP contribution < -0.4 is 14.8 Å². The van der Waals surface area contributed by atoms with Crippen LogP contribution in [0, 0.1) is 0 Å². The molecule has 0 bridgehead atoms. The standard InChI is InChI=1S/C14H15N3O3S/c1-19-12-4-3-9(7-11(12)18)15-8-10-13(20-2)16-14-17(10)5-6-21-14/h3-7,15,18H,8H2,1-2H3. The van der Waals surface area contributed by atoms with Crippen molar-refractivity contribution in [2.75, 3.05) is 19.5 Å². The molecule has 0 radical (unpaired) electrons. The molecule has 0 aliphatic carbocycles. The maximum Gasteiger partial charge on any atom is 0.238 e. The molecule has 0 spiro atoms. The van der Waals surface area contributed by atoms with Gasteiger partial charge in [0.25, 0.3) is 0 Å². The number of aromatic hydroxyl groups is 1. The summed E-state index contributed by atoms with van der Waals surface area (Å²) in [6.07, 6.45) is 1.96. The quantitative estimate of drug-likeness (QED) is 0.758. The van der Waals surface area contributed by atoms with Gasteiger partial charge < -0.3 is 19.9 Å². The van der Waals surface area contributed by atoms with Gasteiger partial charge in [0.15, 0.2) is 16.5 Å². The second-order valence-electron chi connectivity index (χ2n) is 4.36. The Bertz CT molecular complexity index is 766. The van der Waals surface area contributed by atoms with Crippen LogP contribution in [0.1, 0.15) is 5.69 Å². The second-order valence-corrected chi connectivity index (χ2v) is 5.24. The highest BCUT2D eigenvalue weighted by molar-refractivity contribution is 7.15. The van der Waals surface area contributed by atoms with Crippen LogP contribution in [0.5, 0.6) is 17.4 Å². The van der Waals surface area contributed by atoms with Crippen molar-refractivity contribution in [3.05, 3.63) is 35.5 Å². The van der Waals surface area contributed by atoms with E-state index in [0.29, 0.717) is 18.2 Å². The van der Waals surface area contributed by atoms with Crippen molar-refractivity contribution in [1.29, 1.82) is 0 Å². The number of aromatic nitrogens is 2. The van der Waals surface area contributed by atoms with Crippen molar-refractivity contribution in [3.63, 3.8) is 0 Å². The van der Waals surface area contributed by atoms with E-state index in [1.807, 2.05) is 22.0 Å². The van der Waals surface area contributed by atoms with Crippen LogP contribution in [0.25, 0.3) is 4.96 Å². The number of ether oxygens (including phenoxy) is 2. The zero-order chi connectivity index (χ0) is 14.8. The molecule has 6 nitrogen and oxygen atoms in total. The summed E-state index contributed by atoms with van der Waals surface area (Å²) >= 11 is 1.55. The lowest BCUT2D eigenvalue weighted by molar-refractivity contribution is 0.373. The van der Waals surface area contributed by atoms with Gasteiger partial charge in [-0.15, -0.1) is 11.3 Å². The van der Waals surface area contributed by atoms with Crippen LogP contribution in [-0.2, 0) is 6.54 Å². The van der Waals surface area contributed by atoms with Crippen LogP contribution in [0.4, 0.5) is 5.69 Å². The third-order valence-electron chi connectivity index (χ3n) is 3.16. The Hall–Kier alpha value is -2.41. The van der Waals surface area contributed by atoms with E-state index >= 15 is 0 Å². The predicted octanol–water partition coefficient (Wildman–Crippen LogP) is 2.73. The normalized spacial score (nSPS) is 10.8. The van der Waals surface area contributed by atoms with Gasteiger partial charge in [-0.1, -0.05) is 0 Å². The highest BCUT2D eigenvalue weighted by Gasteiger charge is 2.13. The molecular formula is C14H15N3O3S. The lowest BCUT2D eigenvalue weighted by Crippen LogP contribution is -2.03. The van der Waals surface area contributed by atoms with Gasteiger partial charge in [0, 0.05) is 23.3 Å². The first-order valence-corrected chi connectivity index (χ1v) is 7.20. The van der Waals surface area contributed by atoms with Gasteiger partial charge in [-0.3, -0.25) is 4.40 Å². The van der Waals surface area contributed by atoms with E-state index in [4.69, 9.17) is 9.47 Å². The van der Waals surface area contributed by atoms with E-state index in [2.05, 4.69) is 10.3 Å². The molecule has 7 heteroatoms. The number of anilines is 1. The summed E-state index contributed by atoms with van der Waals surface area (Å²) in [5.41, 5.74) is 1.73. The Morgan fingerprint density at radius 3 is 2.90 bits per heavy atom. The first-order valence-electron chi connectivity index (χ1n) is 6.32. The van der Waals surface area contributed by atoms with Crippen molar-refractivity contribution in [2.24, 2.45) is 0 Å². The van der Waals surface area contributed by atoms with Gasteiger partial charge in [0.2, 0.25) is 5.88 Å². The molecule has 3 aromatic rings. The molecule has 2 aromatic heterocycles. The Morgan fingerprint density at radius 1 is 1.33 bits per heavy atom. The van der Waals surface area contributed by atoms with Crippen molar-refractivity contribution in [1.82, 2.24) is 9.38 Å². The van der Waals surface area contributed by atoms with Crippen molar-refractivity contribution in [3.8, 4) is 17.4 Å². The van der Waals surface area contributed by atoms with E-state index in [0.717, 1.165) is 16.3 Å². The predicted molar refractivity (Wildman–Crippen MR) is 81.6 cm³/mol. The van der Waals surface area contributed by atoms with Crippen LogP contribution >= 0.6 is 11.3 Å². The molecule has 0 saturated carbocycles. The summed E-state index contributed by atoms with van der Waals surface area (Å²) < 4.78 is 12.3. The number of hydrogen-bond donors (Lipinski definition) is 2. The van der Waals surface area contributed by atoms with E-state index in [-0.39, 0.29) is 5.75 Å². The largest absolute Gasteiger partial charge is 0.504 e. The van der Waals surface area contributed by atoms with E-state index in [9.17, 15) is 5.11 Å². The summed E-state index contributed by atoms with van der Waals surface area (Å²) in [7, 11) is 3.13. The number of phenolic OH excluding ortho intramolecular Hbond substituents is 1. The number of fused-ring (bicyclic) bond motifs is 1. The van der Waals surface area contributed by atoms with Gasteiger partial charge in [0.05, 0.1) is 20.8 Å². The zero-order valence-electron chi connectivity index (χ0n) is 11.7. The molecule has 110 valence electrons. The Balaban J connectivity index is 1.82. The van der Waals surface area contributed by atoms with Crippen molar-refractivity contribution in [2.45, 2.75) is 6.54 Å². The number of thiazole rings is 1. The van der Waals surface area contributed by atoms with E-state index in [1.165, 1.54) is 7.11 Å². The van der Waals surface area contributed by atoms with Gasteiger partial charge >= 0.3 is 0 Å². The molecule has 0 aliphatic rings. The second kappa shape index (κ2) is 5.53. The van der Waals surface area contributed by atoms with Gasteiger partial charge in [0.1, 0.15) is 5.69 Å². The molecule has 0 saturated heterocycles. The Kier molecular flexibility index (Phi) is 3.57. The average Bonchev–Trinajstić information content (AvgIpc) is 3.06. The van der Waals surface area contributed by atoms with Gasteiger partial charge in [-0.2, -0.15) is 4.98 Å². The minimum atomic E-state index is 0.100. The molecule has 0 aliphatic heterocycles. The first kappa shape index (κ1) is 13.6. The summed E-state index contributed by atoms with van der Waals surface area (Å²) in [6.45, 7) is 0.535. The summed E-state index contributed by atoms with van der Waals surface area (Å²) in [4.78, 5) is 5.29. The Morgan fingerprint density at radius 2 is 2.19 bits per heavy atom. The lowest BCUT2D eigenvalue weighted by Gasteiger charge is -2.09. The summed E-state index contributed by atoms with van der Waals surface area (Å²) in [5.74, 6) is 1.15.